The summed E-state index contributed by atoms with van der Waals surface area (Å²) >= 11 is 0. The lowest BCUT2D eigenvalue weighted by Crippen LogP contribution is -2.20. The third kappa shape index (κ3) is 3.38. The first kappa shape index (κ1) is 9.93. The van der Waals surface area contributed by atoms with Gasteiger partial charge in [-0.05, 0) is 32.0 Å². The first-order valence-electron chi connectivity index (χ1n) is 4.60. The van der Waals surface area contributed by atoms with Crippen LogP contribution in [0.2, 0.25) is 0 Å². The van der Waals surface area contributed by atoms with Gasteiger partial charge in [0.15, 0.2) is 0 Å². The molecule has 0 aliphatic rings. The zero-order valence-corrected chi connectivity index (χ0v) is 8.03. The van der Waals surface area contributed by atoms with Crippen molar-refractivity contribution < 1.29 is 0 Å². The Morgan fingerprint density at radius 1 is 1.62 bits per heavy atom. The number of hydrogen-bond acceptors (Lipinski definition) is 2. The lowest BCUT2D eigenvalue weighted by atomic mass is 10.2. The summed E-state index contributed by atoms with van der Waals surface area (Å²) in [7, 11) is 0. The highest BCUT2D eigenvalue weighted by Gasteiger charge is 2.02. The standard InChI is InChI=1S/C11H16N2/c1-3-4-8-12-10(2)11-7-5-6-9-13-11/h3,5-7,9-10,12H,1,4,8H2,2H3/t10-/m1/s1. The van der Waals surface area contributed by atoms with Crippen LogP contribution in [0.25, 0.3) is 0 Å². The number of hydrogen-bond donors (Lipinski definition) is 1. The van der Waals surface area contributed by atoms with Gasteiger partial charge in [-0.2, -0.15) is 0 Å². The van der Waals surface area contributed by atoms with Crippen LogP contribution in [-0.4, -0.2) is 11.5 Å². The minimum absolute atomic E-state index is 0.321. The molecule has 0 aromatic carbocycles. The minimum Gasteiger partial charge on any atom is -0.309 e. The fourth-order valence-corrected chi connectivity index (χ4v) is 1.14. The molecule has 0 aliphatic carbocycles. The maximum atomic E-state index is 4.27. The van der Waals surface area contributed by atoms with Gasteiger partial charge in [0.2, 0.25) is 0 Å². The van der Waals surface area contributed by atoms with E-state index in [1.54, 1.807) is 0 Å². The Morgan fingerprint density at radius 2 is 2.46 bits per heavy atom. The molecule has 0 saturated heterocycles. The molecule has 1 heterocycles. The number of nitrogens with zero attached hydrogens (tertiary/aromatic N) is 1. The van der Waals surface area contributed by atoms with Gasteiger partial charge in [-0.15, -0.1) is 6.58 Å². The van der Waals surface area contributed by atoms with Gasteiger partial charge in [-0.25, -0.2) is 0 Å². The van der Waals surface area contributed by atoms with Crippen LogP contribution in [0.5, 0.6) is 0 Å². The van der Waals surface area contributed by atoms with Gasteiger partial charge in [0, 0.05) is 12.2 Å². The van der Waals surface area contributed by atoms with Crippen molar-refractivity contribution in [3.63, 3.8) is 0 Å². The summed E-state index contributed by atoms with van der Waals surface area (Å²) in [5, 5.41) is 3.37. The SMILES string of the molecule is C=CCCN[C@H](C)c1ccccn1. The van der Waals surface area contributed by atoms with Gasteiger partial charge in [0.25, 0.3) is 0 Å². The minimum atomic E-state index is 0.321. The zero-order chi connectivity index (χ0) is 9.52. The first-order valence-corrected chi connectivity index (χ1v) is 4.60. The van der Waals surface area contributed by atoms with Crippen LogP contribution in [0.4, 0.5) is 0 Å². The van der Waals surface area contributed by atoms with Crippen LogP contribution in [0.1, 0.15) is 25.1 Å². The van der Waals surface area contributed by atoms with Crippen LogP contribution in [0.15, 0.2) is 37.1 Å². The van der Waals surface area contributed by atoms with Crippen molar-refractivity contribution >= 4 is 0 Å². The molecule has 1 aromatic heterocycles. The van der Waals surface area contributed by atoms with Crippen molar-refractivity contribution in [2.75, 3.05) is 6.54 Å². The monoisotopic (exact) mass is 176 g/mol. The smallest absolute Gasteiger partial charge is 0.0570 e. The average molecular weight is 176 g/mol. The number of nitrogens with one attached hydrogen (secondary N) is 1. The van der Waals surface area contributed by atoms with E-state index in [9.17, 15) is 0 Å². The van der Waals surface area contributed by atoms with Crippen molar-refractivity contribution in [2.24, 2.45) is 0 Å². The fourth-order valence-electron chi connectivity index (χ4n) is 1.14. The second-order valence-corrected chi connectivity index (χ2v) is 3.01. The Bertz CT molecular complexity index is 244. The van der Waals surface area contributed by atoms with Crippen LogP contribution >= 0.6 is 0 Å². The highest BCUT2D eigenvalue weighted by Crippen LogP contribution is 2.06. The average Bonchev–Trinajstić information content (AvgIpc) is 2.19. The number of rotatable bonds is 5. The van der Waals surface area contributed by atoms with E-state index >= 15 is 0 Å². The third-order valence-corrected chi connectivity index (χ3v) is 1.93. The molecule has 0 spiro atoms. The predicted octanol–water partition coefficient (Wildman–Crippen LogP) is 2.31. The summed E-state index contributed by atoms with van der Waals surface area (Å²) in [5.74, 6) is 0. The number of pyridine rings is 1. The van der Waals surface area contributed by atoms with Gasteiger partial charge in [0.1, 0.15) is 0 Å². The van der Waals surface area contributed by atoms with Crippen LogP contribution < -0.4 is 5.32 Å². The van der Waals surface area contributed by atoms with Gasteiger partial charge in [-0.1, -0.05) is 12.1 Å². The molecule has 0 aliphatic heterocycles. The molecule has 13 heavy (non-hydrogen) atoms. The van der Waals surface area contributed by atoms with Crippen molar-refractivity contribution in [1.29, 1.82) is 0 Å². The lowest BCUT2D eigenvalue weighted by molar-refractivity contribution is 0.568. The topological polar surface area (TPSA) is 24.9 Å². The molecule has 1 rings (SSSR count). The van der Waals surface area contributed by atoms with E-state index in [-0.39, 0.29) is 0 Å². The Balaban J connectivity index is 2.39. The summed E-state index contributed by atoms with van der Waals surface area (Å²) in [5.41, 5.74) is 1.09. The van der Waals surface area contributed by atoms with Crippen LogP contribution in [0, 0.1) is 0 Å². The molecule has 0 amide bonds. The Hall–Kier alpha value is -1.15. The normalized spacial score (nSPS) is 12.4. The molecule has 2 heteroatoms. The van der Waals surface area contributed by atoms with E-state index in [0.29, 0.717) is 6.04 Å². The van der Waals surface area contributed by atoms with Crippen molar-refractivity contribution in [3.8, 4) is 0 Å². The summed E-state index contributed by atoms with van der Waals surface area (Å²) in [6.45, 7) is 6.75. The molecular weight excluding hydrogens is 160 g/mol. The van der Waals surface area contributed by atoms with E-state index in [1.807, 2.05) is 30.5 Å². The largest absolute Gasteiger partial charge is 0.309 e. The molecule has 2 nitrogen and oxygen atoms in total. The van der Waals surface area contributed by atoms with Crippen molar-refractivity contribution in [3.05, 3.63) is 42.7 Å². The van der Waals surface area contributed by atoms with Crippen molar-refractivity contribution in [1.82, 2.24) is 10.3 Å². The Morgan fingerprint density at radius 3 is 3.08 bits per heavy atom. The van der Waals surface area contributed by atoms with E-state index in [0.717, 1.165) is 18.7 Å². The molecule has 1 atom stereocenters. The fraction of sp³-hybridized carbons (Fsp3) is 0.364. The lowest BCUT2D eigenvalue weighted by Gasteiger charge is -2.11. The van der Waals surface area contributed by atoms with E-state index < -0.39 is 0 Å². The van der Waals surface area contributed by atoms with E-state index in [2.05, 4.69) is 23.8 Å². The summed E-state index contributed by atoms with van der Waals surface area (Å²) in [4.78, 5) is 4.27. The third-order valence-electron chi connectivity index (χ3n) is 1.93. The zero-order valence-electron chi connectivity index (χ0n) is 8.03. The quantitative estimate of drug-likeness (QED) is 0.550. The van der Waals surface area contributed by atoms with Gasteiger partial charge < -0.3 is 5.32 Å². The molecule has 0 fully saturated rings. The molecule has 1 N–H and O–H groups in total. The van der Waals surface area contributed by atoms with Crippen LogP contribution in [0.3, 0.4) is 0 Å². The highest BCUT2D eigenvalue weighted by molar-refractivity contribution is 5.07. The summed E-state index contributed by atoms with van der Waals surface area (Å²) in [6.07, 6.45) is 4.73. The second kappa shape index (κ2) is 5.49. The molecule has 0 bridgehead atoms. The summed E-state index contributed by atoms with van der Waals surface area (Å²) < 4.78 is 0. The van der Waals surface area contributed by atoms with Crippen molar-refractivity contribution in [2.45, 2.75) is 19.4 Å². The van der Waals surface area contributed by atoms with E-state index in [1.165, 1.54) is 0 Å². The van der Waals surface area contributed by atoms with Crippen LogP contribution in [-0.2, 0) is 0 Å². The predicted molar refractivity (Wildman–Crippen MR) is 55.5 cm³/mol. The van der Waals surface area contributed by atoms with E-state index in [4.69, 9.17) is 0 Å². The van der Waals surface area contributed by atoms with Gasteiger partial charge in [0.05, 0.1) is 5.69 Å². The molecule has 0 radical (unpaired) electrons. The maximum absolute atomic E-state index is 4.27. The molecule has 1 aromatic rings. The number of aromatic nitrogens is 1. The molecule has 70 valence electrons. The van der Waals surface area contributed by atoms with Gasteiger partial charge in [-0.3, -0.25) is 4.98 Å². The second-order valence-electron chi connectivity index (χ2n) is 3.01. The maximum Gasteiger partial charge on any atom is 0.0570 e. The Kier molecular flexibility index (Phi) is 4.19. The molecule has 0 unspecified atom stereocenters. The van der Waals surface area contributed by atoms with Gasteiger partial charge >= 0.3 is 0 Å². The highest BCUT2D eigenvalue weighted by atomic mass is 14.9. The first-order chi connectivity index (χ1) is 6.34. The molecular formula is C11H16N2. The molecule has 0 saturated carbocycles. The Labute approximate surface area is 79.7 Å². The summed E-state index contributed by atoms with van der Waals surface area (Å²) in [6, 6.07) is 6.29.